The molecule has 2 aromatic rings. The van der Waals surface area contributed by atoms with Crippen LogP contribution in [0.1, 0.15) is 38.4 Å². The van der Waals surface area contributed by atoms with E-state index in [0.717, 1.165) is 5.92 Å². The second-order valence-electron chi connectivity index (χ2n) is 4.99. The van der Waals surface area contributed by atoms with Gasteiger partial charge in [0.05, 0.1) is 0 Å². The summed E-state index contributed by atoms with van der Waals surface area (Å²) < 4.78 is 3.55. The van der Waals surface area contributed by atoms with E-state index >= 15 is 0 Å². The summed E-state index contributed by atoms with van der Waals surface area (Å²) in [6, 6.07) is 6.65. The molecule has 0 spiro atoms. The lowest BCUT2D eigenvalue weighted by Gasteiger charge is -2.19. The van der Waals surface area contributed by atoms with Crippen LogP contribution in [0.5, 0.6) is 0 Å². The molecule has 0 N–H and O–H groups in total. The first-order chi connectivity index (χ1) is 8.66. The average Bonchev–Trinajstić information content (AvgIpc) is 2.65. The van der Waals surface area contributed by atoms with Gasteiger partial charge >= 0.3 is 0 Å². The molecule has 1 nitrogen and oxygen atoms in total. The Kier molecular flexibility index (Phi) is 4.16. The van der Waals surface area contributed by atoms with E-state index in [1.54, 1.807) is 11.3 Å². The number of halogens is 1. The van der Waals surface area contributed by atoms with Gasteiger partial charge in [-0.25, -0.2) is 0 Å². The van der Waals surface area contributed by atoms with E-state index in [9.17, 15) is 0 Å². The predicted molar refractivity (Wildman–Crippen MR) is 83.2 cm³/mol. The standard InChI is InChI=1S/C14H16BrN.C2H6/c1-9-3-6-13-12(7-9)11-5-4-10(15)8-14(11)16(13)2;1-2/h4-5,8-9H,3,6-7H2,1-2H3;1-2H3. The molecule has 1 aromatic carbocycles. The smallest absolute Gasteiger partial charge is 0.0494 e. The topological polar surface area (TPSA) is 4.93 Å². The molecule has 1 heterocycles. The van der Waals surface area contributed by atoms with Crippen LogP contribution < -0.4 is 0 Å². The Bertz CT molecular complexity index is 554. The Hall–Kier alpha value is -0.760. The summed E-state index contributed by atoms with van der Waals surface area (Å²) in [6.07, 6.45) is 3.81. The van der Waals surface area contributed by atoms with Gasteiger partial charge in [0.15, 0.2) is 0 Å². The lowest BCUT2D eigenvalue weighted by atomic mass is 9.88. The molecular weight excluding hydrogens is 286 g/mol. The van der Waals surface area contributed by atoms with Crippen molar-refractivity contribution in [1.29, 1.82) is 0 Å². The molecule has 2 heteroatoms. The number of nitrogens with zero attached hydrogens (tertiary/aromatic N) is 1. The molecule has 0 saturated heterocycles. The van der Waals surface area contributed by atoms with Crippen LogP contribution in [0.25, 0.3) is 10.9 Å². The SMILES string of the molecule is CC.CC1CCc2c(c3ccc(Br)cc3n2C)C1. The second kappa shape index (κ2) is 5.48. The zero-order valence-electron chi connectivity index (χ0n) is 11.8. The summed E-state index contributed by atoms with van der Waals surface area (Å²) in [7, 11) is 2.20. The van der Waals surface area contributed by atoms with Crippen LogP contribution in [-0.4, -0.2) is 4.57 Å². The maximum absolute atomic E-state index is 3.56. The van der Waals surface area contributed by atoms with Crippen molar-refractivity contribution >= 4 is 26.8 Å². The summed E-state index contributed by atoms with van der Waals surface area (Å²) in [5.74, 6) is 0.835. The number of hydrogen-bond acceptors (Lipinski definition) is 0. The number of aromatic nitrogens is 1. The van der Waals surface area contributed by atoms with Gasteiger partial charge < -0.3 is 4.57 Å². The average molecular weight is 308 g/mol. The number of fused-ring (bicyclic) bond motifs is 3. The molecule has 3 rings (SSSR count). The van der Waals surface area contributed by atoms with Gasteiger partial charge in [-0.05, 0) is 42.9 Å². The summed E-state index contributed by atoms with van der Waals surface area (Å²) in [5.41, 5.74) is 4.50. The number of benzene rings is 1. The fourth-order valence-electron chi connectivity index (χ4n) is 2.92. The zero-order chi connectivity index (χ0) is 13.3. The van der Waals surface area contributed by atoms with Crippen molar-refractivity contribution in [2.24, 2.45) is 13.0 Å². The summed E-state index contributed by atoms with van der Waals surface area (Å²) in [6.45, 7) is 6.36. The van der Waals surface area contributed by atoms with Crippen LogP contribution in [0.4, 0.5) is 0 Å². The van der Waals surface area contributed by atoms with Crippen LogP contribution in [0.2, 0.25) is 0 Å². The van der Waals surface area contributed by atoms with Crippen molar-refractivity contribution in [3.63, 3.8) is 0 Å². The first-order valence-electron chi connectivity index (χ1n) is 6.92. The van der Waals surface area contributed by atoms with Crippen LogP contribution in [0.3, 0.4) is 0 Å². The second-order valence-corrected chi connectivity index (χ2v) is 5.91. The molecule has 0 amide bonds. The van der Waals surface area contributed by atoms with Crippen molar-refractivity contribution < 1.29 is 0 Å². The largest absolute Gasteiger partial charge is 0.347 e. The lowest BCUT2D eigenvalue weighted by molar-refractivity contribution is 0.492. The molecule has 0 radical (unpaired) electrons. The minimum Gasteiger partial charge on any atom is -0.347 e. The third kappa shape index (κ3) is 2.23. The molecule has 98 valence electrons. The van der Waals surface area contributed by atoms with Crippen LogP contribution >= 0.6 is 15.9 Å². The third-order valence-electron chi connectivity index (χ3n) is 3.83. The van der Waals surface area contributed by atoms with Crippen molar-refractivity contribution in [2.45, 2.75) is 40.0 Å². The van der Waals surface area contributed by atoms with Crippen LogP contribution in [0, 0.1) is 5.92 Å². The maximum Gasteiger partial charge on any atom is 0.0494 e. The highest BCUT2D eigenvalue weighted by Gasteiger charge is 2.21. The molecule has 1 aliphatic carbocycles. The fourth-order valence-corrected chi connectivity index (χ4v) is 3.27. The normalized spacial score (nSPS) is 18.2. The molecule has 1 aromatic heterocycles. The van der Waals surface area contributed by atoms with E-state index in [0.29, 0.717) is 0 Å². The van der Waals surface area contributed by atoms with Gasteiger partial charge in [-0.2, -0.15) is 0 Å². The van der Waals surface area contributed by atoms with Gasteiger partial charge in [0.2, 0.25) is 0 Å². The Balaban J connectivity index is 0.000000574. The van der Waals surface area contributed by atoms with Crippen molar-refractivity contribution in [1.82, 2.24) is 4.57 Å². The predicted octanol–water partition coefficient (Wildman–Crippen LogP) is 5.09. The van der Waals surface area contributed by atoms with Crippen LogP contribution in [-0.2, 0) is 19.9 Å². The fraction of sp³-hybridized carbons (Fsp3) is 0.500. The Morgan fingerprint density at radius 3 is 2.72 bits per heavy atom. The molecule has 1 unspecified atom stereocenters. The number of aryl methyl sites for hydroxylation is 1. The molecule has 0 aliphatic heterocycles. The molecule has 0 saturated carbocycles. The van der Waals surface area contributed by atoms with Gasteiger partial charge in [0.25, 0.3) is 0 Å². The minimum atomic E-state index is 0.835. The van der Waals surface area contributed by atoms with Crippen molar-refractivity contribution in [3.05, 3.63) is 33.9 Å². The van der Waals surface area contributed by atoms with E-state index in [1.807, 2.05) is 13.8 Å². The highest BCUT2D eigenvalue weighted by Crippen LogP contribution is 2.34. The lowest BCUT2D eigenvalue weighted by Crippen LogP contribution is -2.12. The van der Waals surface area contributed by atoms with E-state index < -0.39 is 0 Å². The first-order valence-corrected chi connectivity index (χ1v) is 7.72. The summed E-state index contributed by atoms with van der Waals surface area (Å²) in [5, 5.41) is 1.45. The summed E-state index contributed by atoms with van der Waals surface area (Å²) in [4.78, 5) is 0. The summed E-state index contributed by atoms with van der Waals surface area (Å²) >= 11 is 3.56. The Morgan fingerprint density at radius 2 is 2.00 bits per heavy atom. The number of rotatable bonds is 0. The third-order valence-corrected chi connectivity index (χ3v) is 4.32. The van der Waals surface area contributed by atoms with Gasteiger partial charge in [0, 0.05) is 28.1 Å². The zero-order valence-corrected chi connectivity index (χ0v) is 13.3. The molecule has 1 atom stereocenters. The molecule has 0 fully saturated rings. The van der Waals surface area contributed by atoms with Gasteiger partial charge in [0.1, 0.15) is 0 Å². The van der Waals surface area contributed by atoms with Gasteiger partial charge in [-0.15, -0.1) is 0 Å². The quantitative estimate of drug-likeness (QED) is 0.638. The molecule has 0 bridgehead atoms. The maximum atomic E-state index is 3.56. The molecule has 1 aliphatic rings. The minimum absolute atomic E-state index is 0.835. The molecular formula is C16H22BrN. The van der Waals surface area contributed by atoms with E-state index in [-0.39, 0.29) is 0 Å². The monoisotopic (exact) mass is 307 g/mol. The Morgan fingerprint density at radius 1 is 1.28 bits per heavy atom. The Labute approximate surface area is 118 Å². The van der Waals surface area contributed by atoms with Gasteiger partial charge in [-0.1, -0.05) is 42.8 Å². The van der Waals surface area contributed by atoms with E-state index in [4.69, 9.17) is 0 Å². The van der Waals surface area contributed by atoms with Gasteiger partial charge in [-0.3, -0.25) is 0 Å². The van der Waals surface area contributed by atoms with Crippen molar-refractivity contribution in [3.8, 4) is 0 Å². The van der Waals surface area contributed by atoms with Crippen molar-refractivity contribution in [2.75, 3.05) is 0 Å². The number of hydrogen-bond donors (Lipinski definition) is 0. The van der Waals surface area contributed by atoms with Crippen LogP contribution in [0.15, 0.2) is 22.7 Å². The highest BCUT2D eigenvalue weighted by atomic mass is 79.9. The first kappa shape index (κ1) is 13.7. The van der Waals surface area contributed by atoms with E-state index in [1.165, 1.54) is 34.6 Å². The molecule has 18 heavy (non-hydrogen) atoms. The highest BCUT2D eigenvalue weighted by molar-refractivity contribution is 9.10. The van der Waals surface area contributed by atoms with E-state index in [2.05, 4.69) is 52.7 Å².